The minimum absolute atomic E-state index is 0.0429. The quantitative estimate of drug-likeness (QED) is 0.850. The predicted molar refractivity (Wildman–Crippen MR) is 100 cm³/mol. The van der Waals surface area contributed by atoms with Crippen molar-refractivity contribution in [3.05, 3.63) is 65.2 Å². The molecule has 1 N–H and O–H groups in total. The first-order valence-corrected chi connectivity index (χ1v) is 8.21. The number of aryl methyl sites for hydroxylation is 1. The highest BCUT2D eigenvalue weighted by Crippen LogP contribution is 2.12. The maximum absolute atomic E-state index is 12.1. The Kier molecular flexibility index (Phi) is 6.38. The molecule has 0 saturated carbocycles. The Morgan fingerprint density at radius 2 is 1.50 bits per heavy atom. The van der Waals surface area contributed by atoms with Gasteiger partial charge in [-0.15, -0.1) is 0 Å². The van der Waals surface area contributed by atoms with Gasteiger partial charge in [0, 0.05) is 32.9 Å². The van der Waals surface area contributed by atoms with Crippen LogP contribution in [0.5, 0.6) is 0 Å². The molecule has 24 heavy (non-hydrogen) atoms. The van der Waals surface area contributed by atoms with Crippen LogP contribution in [0, 0.1) is 6.92 Å². The highest BCUT2D eigenvalue weighted by Gasteiger charge is 2.07. The van der Waals surface area contributed by atoms with Gasteiger partial charge in [-0.2, -0.15) is 0 Å². The molecule has 0 aromatic heterocycles. The highest BCUT2D eigenvalue weighted by atomic mass is 16.2. The van der Waals surface area contributed by atoms with E-state index in [-0.39, 0.29) is 5.91 Å². The first-order valence-electron chi connectivity index (χ1n) is 8.21. The zero-order chi connectivity index (χ0) is 17.5. The number of hydrogen-bond acceptors (Lipinski definition) is 3. The zero-order valence-corrected chi connectivity index (χ0v) is 15.0. The van der Waals surface area contributed by atoms with E-state index < -0.39 is 0 Å². The van der Waals surface area contributed by atoms with E-state index in [4.69, 9.17) is 0 Å². The summed E-state index contributed by atoms with van der Waals surface area (Å²) in [6.45, 7) is 3.80. The van der Waals surface area contributed by atoms with Gasteiger partial charge in [0.25, 0.3) is 0 Å². The number of anilines is 1. The second-order valence-corrected chi connectivity index (χ2v) is 6.50. The van der Waals surface area contributed by atoms with E-state index in [1.165, 1.54) is 11.1 Å². The summed E-state index contributed by atoms with van der Waals surface area (Å²) in [4.78, 5) is 16.2. The van der Waals surface area contributed by atoms with Gasteiger partial charge < -0.3 is 10.2 Å². The van der Waals surface area contributed by atoms with Crippen LogP contribution in [0.2, 0.25) is 0 Å². The Morgan fingerprint density at radius 1 is 0.917 bits per heavy atom. The normalized spacial score (nSPS) is 10.7. The lowest BCUT2D eigenvalue weighted by Crippen LogP contribution is -2.34. The van der Waals surface area contributed by atoms with E-state index in [0.29, 0.717) is 13.1 Å². The number of rotatable bonds is 7. The molecule has 0 fully saturated rings. The lowest BCUT2D eigenvalue weighted by Gasteiger charge is -2.17. The van der Waals surface area contributed by atoms with Crippen molar-refractivity contribution in [2.24, 2.45) is 0 Å². The molecule has 0 radical (unpaired) electrons. The molecule has 2 aromatic rings. The molecular formula is C20H27N3O. The van der Waals surface area contributed by atoms with Crippen LogP contribution in [0.25, 0.3) is 0 Å². The van der Waals surface area contributed by atoms with Gasteiger partial charge in [0.2, 0.25) is 5.91 Å². The summed E-state index contributed by atoms with van der Waals surface area (Å²) in [6, 6.07) is 16.6. The molecule has 2 aromatic carbocycles. The molecule has 1 amide bonds. The minimum atomic E-state index is 0.0429. The van der Waals surface area contributed by atoms with Crippen LogP contribution in [-0.4, -0.2) is 38.5 Å². The second kappa shape index (κ2) is 8.50. The number of benzene rings is 2. The lowest BCUT2D eigenvalue weighted by atomic mass is 10.1. The summed E-state index contributed by atoms with van der Waals surface area (Å²) in [5, 5.41) is 2.98. The molecular weight excluding hydrogens is 298 g/mol. The predicted octanol–water partition coefficient (Wildman–Crippen LogP) is 2.81. The first kappa shape index (κ1) is 18.0. The largest absolute Gasteiger partial charge is 0.378 e. The molecule has 0 unspecified atom stereocenters. The van der Waals surface area contributed by atoms with Gasteiger partial charge in [-0.1, -0.05) is 42.0 Å². The Balaban J connectivity index is 1.76. The highest BCUT2D eigenvalue weighted by molar-refractivity contribution is 5.78. The standard InChI is InChI=1S/C20H27N3O/c1-16-5-7-18(8-6-16)14-23(4)15-20(24)21-13-17-9-11-19(12-10-17)22(2)3/h5-12H,13-15H2,1-4H3,(H,21,24). The van der Waals surface area contributed by atoms with Crippen molar-refractivity contribution in [2.45, 2.75) is 20.0 Å². The van der Waals surface area contributed by atoms with Gasteiger partial charge in [0.15, 0.2) is 0 Å². The SMILES string of the molecule is Cc1ccc(CN(C)CC(=O)NCc2ccc(N(C)C)cc2)cc1. The topological polar surface area (TPSA) is 35.6 Å². The minimum Gasteiger partial charge on any atom is -0.378 e. The van der Waals surface area contributed by atoms with Gasteiger partial charge in [-0.05, 0) is 37.2 Å². The summed E-state index contributed by atoms with van der Waals surface area (Å²) in [7, 11) is 5.99. The van der Waals surface area contributed by atoms with E-state index in [1.54, 1.807) is 0 Å². The maximum atomic E-state index is 12.1. The monoisotopic (exact) mass is 325 g/mol. The van der Waals surface area contributed by atoms with E-state index in [1.807, 2.05) is 38.2 Å². The number of carbonyl (C=O) groups is 1. The number of amides is 1. The van der Waals surface area contributed by atoms with Crippen molar-refractivity contribution in [1.82, 2.24) is 10.2 Å². The van der Waals surface area contributed by atoms with Crippen molar-refractivity contribution < 1.29 is 4.79 Å². The van der Waals surface area contributed by atoms with Crippen LogP contribution >= 0.6 is 0 Å². The second-order valence-electron chi connectivity index (χ2n) is 6.50. The summed E-state index contributed by atoms with van der Waals surface area (Å²) in [6.07, 6.45) is 0. The van der Waals surface area contributed by atoms with Gasteiger partial charge in [0.1, 0.15) is 0 Å². The number of nitrogens with one attached hydrogen (secondary N) is 1. The Bertz CT molecular complexity index is 648. The third kappa shape index (κ3) is 5.70. The van der Waals surface area contributed by atoms with Crippen molar-refractivity contribution in [2.75, 3.05) is 32.6 Å². The smallest absolute Gasteiger partial charge is 0.234 e. The van der Waals surface area contributed by atoms with Gasteiger partial charge in [-0.3, -0.25) is 9.69 Å². The van der Waals surface area contributed by atoms with E-state index in [9.17, 15) is 4.79 Å². The zero-order valence-electron chi connectivity index (χ0n) is 15.0. The third-order valence-electron chi connectivity index (χ3n) is 3.93. The van der Waals surface area contributed by atoms with Gasteiger partial charge in [-0.25, -0.2) is 0 Å². The van der Waals surface area contributed by atoms with Crippen molar-refractivity contribution in [1.29, 1.82) is 0 Å². The molecule has 0 bridgehead atoms. The van der Waals surface area contributed by atoms with E-state index >= 15 is 0 Å². The summed E-state index contributed by atoms with van der Waals surface area (Å²) in [5.41, 5.74) is 4.73. The average Bonchev–Trinajstić information content (AvgIpc) is 2.55. The number of likely N-dealkylation sites (N-methyl/N-ethyl adjacent to an activating group) is 1. The first-order chi connectivity index (χ1) is 11.4. The Morgan fingerprint density at radius 3 is 2.08 bits per heavy atom. The maximum Gasteiger partial charge on any atom is 0.234 e. The lowest BCUT2D eigenvalue weighted by molar-refractivity contribution is -0.122. The molecule has 0 atom stereocenters. The Hall–Kier alpha value is -2.33. The Labute approximate surface area is 145 Å². The molecule has 0 saturated heterocycles. The van der Waals surface area contributed by atoms with Crippen LogP contribution in [0.3, 0.4) is 0 Å². The molecule has 4 heteroatoms. The number of carbonyl (C=O) groups excluding carboxylic acids is 1. The fourth-order valence-corrected chi connectivity index (χ4v) is 2.47. The molecule has 0 heterocycles. The molecule has 0 aliphatic heterocycles. The fraction of sp³-hybridized carbons (Fsp3) is 0.350. The number of hydrogen-bond donors (Lipinski definition) is 1. The van der Waals surface area contributed by atoms with Gasteiger partial charge in [0.05, 0.1) is 6.54 Å². The fourth-order valence-electron chi connectivity index (χ4n) is 2.47. The van der Waals surface area contributed by atoms with E-state index in [2.05, 4.69) is 53.5 Å². The molecule has 0 spiro atoms. The van der Waals surface area contributed by atoms with Crippen LogP contribution in [-0.2, 0) is 17.9 Å². The van der Waals surface area contributed by atoms with E-state index in [0.717, 1.165) is 17.8 Å². The summed E-state index contributed by atoms with van der Waals surface area (Å²) >= 11 is 0. The van der Waals surface area contributed by atoms with Crippen molar-refractivity contribution in [3.63, 3.8) is 0 Å². The molecule has 4 nitrogen and oxygen atoms in total. The summed E-state index contributed by atoms with van der Waals surface area (Å²) in [5.74, 6) is 0.0429. The van der Waals surface area contributed by atoms with Crippen LogP contribution in [0.15, 0.2) is 48.5 Å². The molecule has 0 aliphatic rings. The number of nitrogens with zero attached hydrogens (tertiary/aromatic N) is 2. The molecule has 2 rings (SSSR count). The average molecular weight is 325 g/mol. The van der Waals surface area contributed by atoms with Crippen molar-refractivity contribution in [3.8, 4) is 0 Å². The third-order valence-corrected chi connectivity index (χ3v) is 3.93. The van der Waals surface area contributed by atoms with Crippen molar-refractivity contribution >= 4 is 11.6 Å². The molecule has 128 valence electrons. The van der Waals surface area contributed by atoms with Crippen LogP contribution in [0.4, 0.5) is 5.69 Å². The van der Waals surface area contributed by atoms with Gasteiger partial charge >= 0.3 is 0 Å². The summed E-state index contributed by atoms with van der Waals surface area (Å²) < 4.78 is 0. The molecule has 0 aliphatic carbocycles. The van der Waals surface area contributed by atoms with Crippen LogP contribution in [0.1, 0.15) is 16.7 Å². The van der Waals surface area contributed by atoms with Crippen LogP contribution < -0.4 is 10.2 Å².